The number of halogens is 2. The second kappa shape index (κ2) is 8.78. The van der Waals surface area contributed by atoms with Gasteiger partial charge in [0.25, 0.3) is 0 Å². The van der Waals surface area contributed by atoms with E-state index in [-0.39, 0.29) is 5.54 Å². The van der Waals surface area contributed by atoms with E-state index in [9.17, 15) is 0 Å². The van der Waals surface area contributed by atoms with E-state index in [2.05, 4.69) is 12.2 Å². The van der Waals surface area contributed by atoms with E-state index in [1.807, 2.05) is 6.92 Å². The molecule has 0 fully saturated rings. The van der Waals surface area contributed by atoms with Crippen molar-refractivity contribution in [1.82, 2.24) is 5.32 Å². The van der Waals surface area contributed by atoms with Crippen LogP contribution in [0, 0.1) is 0 Å². The highest BCUT2D eigenvalue weighted by Gasteiger charge is 2.20. The van der Waals surface area contributed by atoms with E-state index in [0.717, 1.165) is 26.2 Å². The highest BCUT2D eigenvalue weighted by molar-refractivity contribution is 6.22. The maximum atomic E-state index is 5.78. The molecule has 0 rings (SSSR count). The molecule has 0 aromatic heterocycles. The third-order valence-electron chi connectivity index (χ3n) is 2.03. The number of rotatable bonds is 9. The lowest BCUT2D eigenvalue weighted by molar-refractivity contribution is 0.128. The Balaban J connectivity index is 3.34. The molecule has 0 amide bonds. The van der Waals surface area contributed by atoms with Crippen LogP contribution in [0.2, 0.25) is 0 Å². The fraction of sp³-hybridized carbons (Fsp3) is 1.00. The third-order valence-corrected chi connectivity index (χ3v) is 3.21. The zero-order valence-electron chi connectivity index (χ0n) is 9.11. The largest absolute Gasteiger partial charge is 0.380 e. The molecule has 1 N–H and O–H groups in total. The van der Waals surface area contributed by atoms with Gasteiger partial charge in [-0.15, -0.1) is 23.2 Å². The van der Waals surface area contributed by atoms with Crippen molar-refractivity contribution >= 4 is 23.2 Å². The SMILES string of the molecule is CCCCOCCNC(C)(CCl)CCl. The Labute approximate surface area is 97.3 Å². The van der Waals surface area contributed by atoms with Crippen LogP contribution in [0.1, 0.15) is 26.7 Å². The van der Waals surface area contributed by atoms with Gasteiger partial charge in [0.1, 0.15) is 0 Å². The molecule has 4 heteroatoms. The van der Waals surface area contributed by atoms with Gasteiger partial charge in [0.2, 0.25) is 0 Å². The predicted octanol–water partition coefficient (Wildman–Crippen LogP) is 2.63. The minimum absolute atomic E-state index is 0.169. The molecule has 0 aromatic rings. The summed E-state index contributed by atoms with van der Waals surface area (Å²) in [6.45, 7) is 6.54. The van der Waals surface area contributed by atoms with Gasteiger partial charge in [0.05, 0.1) is 6.61 Å². The molecule has 0 aliphatic carbocycles. The lowest BCUT2D eigenvalue weighted by Crippen LogP contribution is -2.47. The Morgan fingerprint density at radius 3 is 2.36 bits per heavy atom. The highest BCUT2D eigenvalue weighted by Crippen LogP contribution is 2.07. The van der Waals surface area contributed by atoms with Gasteiger partial charge in [0, 0.05) is 30.5 Å². The Kier molecular flexibility index (Phi) is 9.09. The minimum Gasteiger partial charge on any atom is -0.380 e. The number of hydrogen-bond acceptors (Lipinski definition) is 2. The molecular weight excluding hydrogens is 221 g/mol. The number of nitrogens with one attached hydrogen (secondary N) is 1. The van der Waals surface area contributed by atoms with Gasteiger partial charge >= 0.3 is 0 Å². The molecule has 0 unspecified atom stereocenters. The van der Waals surface area contributed by atoms with Crippen LogP contribution in [0.25, 0.3) is 0 Å². The fourth-order valence-electron chi connectivity index (χ4n) is 0.904. The second-order valence-corrected chi connectivity index (χ2v) is 4.26. The van der Waals surface area contributed by atoms with Crippen LogP contribution >= 0.6 is 23.2 Å². The zero-order chi connectivity index (χ0) is 10.9. The van der Waals surface area contributed by atoms with Gasteiger partial charge in [0.15, 0.2) is 0 Å². The maximum Gasteiger partial charge on any atom is 0.0591 e. The van der Waals surface area contributed by atoms with E-state index in [1.165, 1.54) is 6.42 Å². The molecule has 0 atom stereocenters. The summed E-state index contributed by atoms with van der Waals surface area (Å²) >= 11 is 11.6. The third kappa shape index (κ3) is 6.88. The molecule has 0 radical (unpaired) electrons. The van der Waals surface area contributed by atoms with Crippen molar-refractivity contribution < 1.29 is 4.74 Å². The first-order valence-electron chi connectivity index (χ1n) is 5.13. The second-order valence-electron chi connectivity index (χ2n) is 3.72. The summed E-state index contributed by atoms with van der Waals surface area (Å²) in [7, 11) is 0. The van der Waals surface area contributed by atoms with Crippen LogP contribution in [0.3, 0.4) is 0 Å². The Morgan fingerprint density at radius 1 is 1.21 bits per heavy atom. The van der Waals surface area contributed by atoms with Gasteiger partial charge < -0.3 is 10.1 Å². The molecular formula is C10H21Cl2NO. The van der Waals surface area contributed by atoms with Crippen LogP contribution in [0.15, 0.2) is 0 Å². The molecule has 0 saturated carbocycles. The van der Waals surface area contributed by atoms with E-state index >= 15 is 0 Å². The monoisotopic (exact) mass is 241 g/mol. The molecule has 0 aliphatic rings. The molecule has 0 bridgehead atoms. The van der Waals surface area contributed by atoms with Crippen molar-refractivity contribution in [1.29, 1.82) is 0 Å². The molecule has 0 saturated heterocycles. The van der Waals surface area contributed by atoms with Crippen molar-refractivity contribution in [3.05, 3.63) is 0 Å². The lowest BCUT2D eigenvalue weighted by atomic mass is 10.1. The summed E-state index contributed by atoms with van der Waals surface area (Å²) in [4.78, 5) is 0. The fourth-order valence-corrected chi connectivity index (χ4v) is 1.38. The van der Waals surface area contributed by atoms with Crippen LogP contribution in [0.5, 0.6) is 0 Å². The van der Waals surface area contributed by atoms with Gasteiger partial charge in [-0.05, 0) is 13.3 Å². The summed E-state index contributed by atoms with van der Waals surface area (Å²) < 4.78 is 5.41. The molecule has 0 heterocycles. The maximum absolute atomic E-state index is 5.78. The molecule has 0 aliphatic heterocycles. The van der Waals surface area contributed by atoms with Crippen LogP contribution in [-0.2, 0) is 4.74 Å². The molecule has 86 valence electrons. The van der Waals surface area contributed by atoms with Crippen molar-refractivity contribution in [3.8, 4) is 0 Å². The quantitative estimate of drug-likeness (QED) is 0.495. The number of ether oxygens (including phenoxy) is 1. The van der Waals surface area contributed by atoms with Crippen molar-refractivity contribution in [2.75, 3.05) is 31.5 Å². The normalized spacial score (nSPS) is 12.0. The topological polar surface area (TPSA) is 21.3 Å². The highest BCUT2D eigenvalue weighted by atomic mass is 35.5. The lowest BCUT2D eigenvalue weighted by Gasteiger charge is -2.25. The van der Waals surface area contributed by atoms with Crippen molar-refractivity contribution in [3.63, 3.8) is 0 Å². The smallest absolute Gasteiger partial charge is 0.0591 e. The first kappa shape index (κ1) is 14.5. The van der Waals surface area contributed by atoms with Crippen molar-refractivity contribution in [2.45, 2.75) is 32.2 Å². The van der Waals surface area contributed by atoms with Gasteiger partial charge in [-0.1, -0.05) is 13.3 Å². The van der Waals surface area contributed by atoms with Crippen LogP contribution in [-0.4, -0.2) is 37.1 Å². The molecule has 0 aromatic carbocycles. The first-order chi connectivity index (χ1) is 6.68. The van der Waals surface area contributed by atoms with E-state index in [1.54, 1.807) is 0 Å². The Bertz CT molecular complexity index is 129. The summed E-state index contributed by atoms with van der Waals surface area (Å²) in [5.41, 5.74) is -0.169. The van der Waals surface area contributed by atoms with Gasteiger partial charge in [-0.3, -0.25) is 0 Å². The summed E-state index contributed by atoms with van der Waals surface area (Å²) in [5, 5.41) is 3.28. The van der Waals surface area contributed by atoms with Crippen molar-refractivity contribution in [2.24, 2.45) is 0 Å². The van der Waals surface area contributed by atoms with E-state index < -0.39 is 0 Å². The molecule has 14 heavy (non-hydrogen) atoms. The number of unbranched alkanes of at least 4 members (excludes halogenated alkanes) is 1. The van der Waals surface area contributed by atoms with Gasteiger partial charge in [-0.2, -0.15) is 0 Å². The first-order valence-corrected chi connectivity index (χ1v) is 6.20. The van der Waals surface area contributed by atoms with Crippen LogP contribution < -0.4 is 5.32 Å². The van der Waals surface area contributed by atoms with E-state index in [0.29, 0.717) is 11.8 Å². The average molecular weight is 242 g/mol. The summed E-state index contributed by atoms with van der Waals surface area (Å²) in [5.74, 6) is 1.04. The van der Waals surface area contributed by atoms with E-state index in [4.69, 9.17) is 27.9 Å². The molecule has 0 spiro atoms. The number of alkyl halides is 2. The Hall–Kier alpha value is 0.500. The molecule has 2 nitrogen and oxygen atoms in total. The average Bonchev–Trinajstić information content (AvgIpc) is 2.23. The predicted molar refractivity (Wildman–Crippen MR) is 63.6 cm³/mol. The van der Waals surface area contributed by atoms with Gasteiger partial charge in [-0.25, -0.2) is 0 Å². The minimum atomic E-state index is -0.169. The number of hydrogen-bond donors (Lipinski definition) is 1. The summed E-state index contributed by atoms with van der Waals surface area (Å²) in [6, 6.07) is 0. The Morgan fingerprint density at radius 2 is 1.86 bits per heavy atom. The summed E-state index contributed by atoms with van der Waals surface area (Å²) in [6.07, 6.45) is 2.30. The zero-order valence-corrected chi connectivity index (χ0v) is 10.6. The van der Waals surface area contributed by atoms with Crippen LogP contribution in [0.4, 0.5) is 0 Å². The standard InChI is InChI=1S/C10H21Cl2NO/c1-3-4-6-14-7-5-13-10(2,8-11)9-12/h13H,3-9H2,1-2H3.